The van der Waals surface area contributed by atoms with E-state index in [4.69, 9.17) is 0 Å². The van der Waals surface area contributed by atoms with Crippen LogP contribution in [0, 0.1) is 5.92 Å². The Labute approximate surface area is 159 Å². The van der Waals surface area contributed by atoms with Crippen LogP contribution in [0.2, 0.25) is 0 Å². The van der Waals surface area contributed by atoms with Crippen LogP contribution in [0.4, 0.5) is 5.69 Å². The van der Waals surface area contributed by atoms with Crippen molar-refractivity contribution in [1.29, 1.82) is 0 Å². The zero-order chi connectivity index (χ0) is 20.2. The van der Waals surface area contributed by atoms with Crippen LogP contribution >= 0.6 is 0 Å². The molecule has 2 aliphatic heterocycles. The molecule has 12 heteroatoms. The van der Waals surface area contributed by atoms with Crippen molar-refractivity contribution >= 4 is 41.5 Å². The molecule has 0 radical (unpaired) electrons. The maximum atomic E-state index is 12.7. The molecule has 1 aromatic rings. The quantitative estimate of drug-likeness (QED) is 0.640. The molecule has 2 fully saturated rings. The van der Waals surface area contributed by atoms with Gasteiger partial charge in [0.05, 0.1) is 33.8 Å². The third kappa shape index (κ3) is 3.62. The van der Waals surface area contributed by atoms with Crippen molar-refractivity contribution in [1.82, 2.24) is 4.31 Å². The third-order valence-corrected chi connectivity index (χ3v) is 10.4. The van der Waals surface area contributed by atoms with E-state index < -0.39 is 47.8 Å². The molecule has 0 unspecified atom stereocenters. The normalized spacial score (nSPS) is 27.4. The first kappa shape index (κ1) is 20.2. The number of hydrogen-bond acceptors (Lipinski definition) is 7. The molecule has 1 aromatic carbocycles. The summed E-state index contributed by atoms with van der Waals surface area (Å²) in [5.74, 6) is -1.78. The van der Waals surface area contributed by atoms with Gasteiger partial charge >= 0.3 is 0 Å². The van der Waals surface area contributed by atoms with E-state index in [0.717, 1.165) is 4.31 Å². The second-order valence-electron chi connectivity index (χ2n) is 6.85. The Morgan fingerprint density at radius 1 is 1.07 bits per heavy atom. The summed E-state index contributed by atoms with van der Waals surface area (Å²) in [7, 11) is -9.64. The average molecular weight is 437 g/mol. The van der Waals surface area contributed by atoms with Crippen molar-refractivity contribution in [2.24, 2.45) is 5.92 Å². The molecule has 2 aliphatic rings. The zero-order valence-electron chi connectivity index (χ0n) is 14.8. The summed E-state index contributed by atoms with van der Waals surface area (Å²) < 4.78 is 74.7. The zero-order valence-corrected chi connectivity index (χ0v) is 17.2. The van der Waals surface area contributed by atoms with Crippen molar-refractivity contribution < 1.29 is 30.0 Å². The molecule has 0 N–H and O–H groups in total. The topological polar surface area (TPSA) is 126 Å². The molecule has 0 aliphatic carbocycles. The Balaban J connectivity index is 1.88. The Morgan fingerprint density at radius 2 is 1.67 bits per heavy atom. The van der Waals surface area contributed by atoms with Gasteiger partial charge in [-0.2, -0.15) is 4.31 Å². The van der Waals surface area contributed by atoms with Gasteiger partial charge in [0.1, 0.15) is 0 Å². The van der Waals surface area contributed by atoms with Crippen LogP contribution in [0.3, 0.4) is 0 Å². The number of sulfonamides is 2. The van der Waals surface area contributed by atoms with Crippen LogP contribution in [0.15, 0.2) is 29.2 Å². The number of anilines is 1. The highest BCUT2D eigenvalue weighted by Gasteiger charge is 2.42. The van der Waals surface area contributed by atoms with Crippen LogP contribution in [0.25, 0.3) is 0 Å². The monoisotopic (exact) mass is 436 g/mol. The van der Waals surface area contributed by atoms with Gasteiger partial charge in [0.2, 0.25) is 26.0 Å². The Bertz CT molecular complexity index is 1080. The lowest BCUT2D eigenvalue weighted by atomic mass is 10.2. The number of nitrogens with zero attached hydrogens (tertiary/aromatic N) is 2. The molecule has 2 heterocycles. The van der Waals surface area contributed by atoms with Gasteiger partial charge in [-0.05, 0) is 30.7 Å². The summed E-state index contributed by atoms with van der Waals surface area (Å²) in [5, 5.41) is 0. The molecule has 0 aromatic heterocycles. The highest BCUT2D eigenvalue weighted by molar-refractivity contribution is 7.94. The average Bonchev–Trinajstić information content (AvgIpc) is 3.02. The van der Waals surface area contributed by atoms with Crippen LogP contribution < -0.4 is 4.31 Å². The smallest absolute Gasteiger partial charge is 0.244 e. The highest BCUT2D eigenvalue weighted by atomic mass is 32.2. The van der Waals surface area contributed by atoms with E-state index in [1.807, 2.05) is 0 Å². The number of hydrogen-bond donors (Lipinski definition) is 0. The Kier molecular flexibility index (Phi) is 4.90. The predicted octanol–water partition coefficient (Wildman–Crippen LogP) is -0.193. The summed E-state index contributed by atoms with van der Waals surface area (Å²) in [6.07, 6.45) is 0.231. The number of amides is 1. The van der Waals surface area contributed by atoms with Gasteiger partial charge < -0.3 is 0 Å². The van der Waals surface area contributed by atoms with Crippen molar-refractivity contribution in [3.05, 3.63) is 24.3 Å². The van der Waals surface area contributed by atoms with Crippen LogP contribution in [-0.2, 0) is 34.7 Å². The van der Waals surface area contributed by atoms with E-state index in [2.05, 4.69) is 0 Å². The van der Waals surface area contributed by atoms with E-state index in [0.29, 0.717) is 4.31 Å². The molecule has 0 saturated carbocycles. The maximum absolute atomic E-state index is 12.7. The van der Waals surface area contributed by atoms with Crippen molar-refractivity contribution in [2.75, 3.05) is 28.6 Å². The predicted molar refractivity (Wildman–Crippen MR) is 98.9 cm³/mol. The molecule has 0 bridgehead atoms. The minimum Gasteiger partial charge on any atom is -0.273 e. The molecule has 3 rings (SSSR count). The molecule has 150 valence electrons. The third-order valence-electron chi connectivity index (χ3n) is 4.83. The van der Waals surface area contributed by atoms with Crippen molar-refractivity contribution in [2.45, 2.75) is 24.3 Å². The van der Waals surface area contributed by atoms with E-state index in [-0.39, 0.29) is 34.3 Å². The lowest BCUT2D eigenvalue weighted by Crippen LogP contribution is -2.37. The van der Waals surface area contributed by atoms with E-state index >= 15 is 0 Å². The molecule has 0 spiro atoms. The second kappa shape index (κ2) is 6.54. The van der Waals surface area contributed by atoms with Gasteiger partial charge in [0, 0.05) is 13.1 Å². The lowest BCUT2D eigenvalue weighted by molar-refractivity contribution is -0.119. The SMILES string of the molecule is C[C@@H]1CS(=O)(=O)N(c2ccc(S(=O)(=O)N(C)[C@@H]3CCS(=O)(=O)C3)cc2)C1=O. The summed E-state index contributed by atoms with van der Waals surface area (Å²) in [4.78, 5) is 12.0. The molecule has 2 saturated heterocycles. The molecule has 2 atom stereocenters. The molecule has 9 nitrogen and oxygen atoms in total. The van der Waals surface area contributed by atoms with Crippen LogP contribution in [-0.4, -0.2) is 65.8 Å². The minimum atomic E-state index is -3.95. The largest absolute Gasteiger partial charge is 0.273 e. The standard InChI is InChI=1S/C15H20N2O7S3/c1-11-9-26(21,22)17(15(11)18)12-3-5-14(6-4-12)27(23,24)16(2)13-7-8-25(19,20)10-13/h3-6,11,13H,7-10H2,1-2H3/t11-,13-/m1/s1. The fourth-order valence-electron chi connectivity index (χ4n) is 3.27. The van der Waals surface area contributed by atoms with Crippen molar-refractivity contribution in [3.8, 4) is 0 Å². The maximum Gasteiger partial charge on any atom is 0.244 e. The first-order valence-corrected chi connectivity index (χ1v) is 13.1. The fourth-order valence-corrected chi connectivity index (χ4v) is 8.34. The van der Waals surface area contributed by atoms with Crippen LogP contribution in [0.5, 0.6) is 0 Å². The Morgan fingerprint density at radius 3 is 2.11 bits per heavy atom. The van der Waals surface area contributed by atoms with Gasteiger partial charge in [0.25, 0.3) is 0 Å². The summed E-state index contributed by atoms with van der Waals surface area (Å²) in [5.41, 5.74) is 0.0781. The van der Waals surface area contributed by atoms with E-state index in [1.54, 1.807) is 0 Å². The molecular formula is C15H20N2O7S3. The summed E-state index contributed by atoms with van der Waals surface area (Å²) in [6.45, 7) is 1.52. The minimum absolute atomic E-state index is 0.0520. The van der Waals surface area contributed by atoms with Crippen molar-refractivity contribution in [3.63, 3.8) is 0 Å². The van der Waals surface area contributed by atoms with Gasteiger partial charge in [-0.25, -0.2) is 29.6 Å². The number of carbonyl (C=O) groups excluding carboxylic acids is 1. The van der Waals surface area contributed by atoms with Gasteiger partial charge in [-0.3, -0.25) is 4.79 Å². The van der Waals surface area contributed by atoms with Gasteiger partial charge in [-0.1, -0.05) is 6.92 Å². The van der Waals surface area contributed by atoms with Gasteiger partial charge in [-0.15, -0.1) is 0 Å². The Hall–Kier alpha value is -1.50. The van der Waals surface area contributed by atoms with Crippen LogP contribution in [0.1, 0.15) is 13.3 Å². The highest BCUT2D eigenvalue weighted by Crippen LogP contribution is 2.30. The number of carbonyl (C=O) groups is 1. The first-order valence-electron chi connectivity index (χ1n) is 8.20. The van der Waals surface area contributed by atoms with E-state index in [9.17, 15) is 30.0 Å². The van der Waals surface area contributed by atoms with Gasteiger partial charge in [0.15, 0.2) is 9.84 Å². The lowest BCUT2D eigenvalue weighted by Gasteiger charge is -2.23. The first-order chi connectivity index (χ1) is 12.3. The number of benzene rings is 1. The summed E-state index contributed by atoms with van der Waals surface area (Å²) in [6, 6.07) is 4.33. The number of rotatable bonds is 4. The van der Waals surface area contributed by atoms with E-state index in [1.165, 1.54) is 38.2 Å². The summed E-state index contributed by atoms with van der Waals surface area (Å²) >= 11 is 0. The second-order valence-corrected chi connectivity index (χ2v) is 12.9. The molecular weight excluding hydrogens is 416 g/mol. The molecule has 1 amide bonds. The number of sulfone groups is 1. The molecule has 27 heavy (non-hydrogen) atoms. The fraction of sp³-hybridized carbons (Fsp3) is 0.533.